The molecule has 1 rings (SSSR count). The van der Waals surface area contributed by atoms with Crippen LogP contribution < -0.4 is 0 Å². The highest BCUT2D eigenvalue weighted by Gasteiger charge is 2.35. The Balaban J connectivity index is 2.88. The molecule has 0 amide bonds. The van der Waals surface area contributed by atoms with Crippen molar-refractivity contribution in [3.05, 3.63) is 22.4 Å². The van der Waals surface area contributed by atoms with Crippen LogP contribution in [0.2, 0.25) is 0 Å². The van der Waals surface area contributed by atoms with E-state index in [0.717, 1.165) is 17.7 Å². The van der Waals surface area contributed by atoms with E-state index in [0.29, 0.717) is 12.8 Å². The van der Waals surface area contributed by atoms with Crippen molar-refractivity contribution in [2.75, 3.05) is 6.61 Å². The average Bonchev–Trinajstić information content (AvgIpc) is 3.14. The van der Waals surface area contributed by atoms with Crippen LogP contribution in [0.5, 0.6) is 0 Å². The van der Waals surface area contributed by atoms with Gasteiger partial charge < -0.3 is 14.6 Å². The van der Waals surface area contributed by atoms with E-state index in [9.17, 15) is 14.7 Å². The summed E-state index contributed by atoms with van der Waals surface area (Å²) in [5, 5.41) is 11.5. The van der Waals surface area contributed by atoms with Crippen molar-refractivity contribution in [1.29, 1.82) is 0 Å². The van der Waals surface area contributed by atoms with Gasteiger partial charge in [-0.15, -0.1) is 11.3 Å². The largest absolute Gasteiger partial charge is 0.462 e. The van der Waals surface area contributed by atoms with E-state index in [1.807, 2.05) is 17.5 Å². The number of aliphatic hydroxyl groups is 1. The Hall–Kier alpha value is -1.40. The highest BCUT2D eigenvalue weighted by atomic mass is 32.1. The van der Waals surface area contributed by atoms with Gasteiger partial charge >= 0.3 is 11.9 Å². The van der Waals surface area contributed by atoms with Gasteiger partial charge in [-0.3, -0.25) is 9.59 Å². The lowest BCUT2D eigenvalue weighted by atomic mass is 9.88. The lowest BCUT2D eigenvalue weighted by molar-refractivity contribution is -0.161. The standard InChI is InChI=1S/C21H34O5S/c1-4-5-6-7-8-9-11-19(25-16(2)23)18(13-14-22)21(26-17(3)24)20-12-10-15-27-20/h10,12,15,18-19,21-22H,4-9,11,13-14H2,1-3H3/t18-,19+,21-/m1/s1. The molecule has 1 heterocycles. The number of carbonyl (C=O) groups is 2. The quantitative estimate of drug-likeness (QED) is 0.351. The van der Waals surface area contributed by atoms with Gasteiger partial charge in [0.05, 0.1) is 0 Å². The Morgan fingerprint density at radius 1 is 1.04 bits per heavy atom. The molecule has 0 aliphatic rings. The number of carbonyl (C=O) groups excluding carboxylic acids is 2. The van der Waals surface area contributed by atoms with Crippen molar-refractivity contribution in [2.24, 2.45) is 5.92 Å². The van der Waals surface area contributed by atoms with Crippen molar-refractivity contribution in [3.63, 3.8) is 0 Å². The summed E-state index contributed by atoms with van der Waals surface area (Å²) < 4.78 is 11.2. The molecule has 0 unspecified atom stereocenters. The highest BCUT2D eigenvalue weighted by molar-refractivity contribution is 7.10. The molecule has 0 radical (unpaired) electrons. The van der Waals surface area contributed by atoms with E-state index < -0.39 is 6.10 Å². The minimum atomic E-state index is -0.515. The van der Waals surface area contributed by atoms with Crippen LogP contribution in [0.1, 0.15) is 83.1 Å². The summed E-state index contributed by atoms with van der Waals surface area (Å²) >= 11 is 1.50. The maximum atomic E-state index is 11.7. The summed E-state index contributed by atoms with van der Waals surface area (Å²) in [6, 6.07) is 3.82. The highest BCUT2D eigenvalue weighted by Crippen LogP contribution is 2.36. The third-order valence-corrected chi connectivity index (χ3v) is 5.54. The number of thiophene rings is 1. The molecule has 0 aliphatic carbocycles. The fraction of sp³-hybridized carbons (Fsp3) is 0.714. The van der Waals surface area contributed by atoms with Gasteiger partial charge in [-0.2, -0.15) is 0 Å². The Kier molecular flexibility index (Phi) is 12.0. The third-order valence-electron chi connectivity index (χ3n) is 4.60. The van der Waals surface area contributed by atoms with Crippen LogP contribution in [0.3, 0.4) is 0 Å². The predicted octanol–water partition coefficient (Wildman–Crippen LogP) is 5.03. The van der Waals surface area contributed by atoms with Gasteiger partial charge in [-0.1, -0.05) is 45.1 Å². The van der Waals surface area contributed by atoms with Gasteiger partial charge in [0.15, 0.2) is 0 Å². The summed E-state index contributed by atoms with van der Waals surface area (Å²) in [5.74, 6) is -0.990. The van der Waals surface area contributed by atoms with Crippen LogP contribution >= 0.6 is 11.3 Å². The maximum Gasteiger partial charge on any atom is 0.303 e. The molecular formula is C21H34O5S. The van der Waals surface area contributed by atoms with Crippen LogP contribution in [0.25, 0.3) is 0 Å². The van der Waals surface area contributed by atoms with Gasteiger partial charge in [0.25, 0.3) is 0 Å². The molecule has 0 fully saturated rings. The van der Waals surface area contributed by atoms with E-state index in [2.05, 4.69) is 6.92 Å². The molecule has 154 valence electrons. The van der Waals surface area contributed by atoms with Gasteiger partial charge in [-0.25, -0.2) is 0 Å². The van der Waals surface area contributed by atoms with Gasteiger partial charge in [-0.05, 0) is 30.7 Å². The maximum absolute atomic E-state index is 11.7. The molecule has 5 nitrogen and oxygen atoms in total. The van der Waals surface area contributed by atoms with Crippen molar-refractivity contribution in [3.8, 4) is 0 Å². The summed E-state index contributed by atoms with van der Waals surface area (Å²) in [6.45, 7) is 4.92. The van der Waals surface area contributed by atoms with E-state index in [-0.39, 0.29) is 30.6 Å². The molecule has 6 heteroatoms. The lowest BCUT2D eigenvalue weighted by Gasteiger charge is -2.32. The summed E-state index contributed by atoms with van der Waals surface area (Å²) in [7, 11) is 0. The Bertz CT molecular complexity index is 529. The van der Waals surface area contributed by atoms with Crippen LogP contribution in [0.4, 0.5) is 0 Å². The van der Waals surface area contributed by atoms with Crippen LogP contribution in [0.15, 0.2) is 17.5 Å². The molecule has 0 bridgehead atoms. The second kappa shape index (κ2) is 13.7. The molecule has 0 spiro atoms. The minimum absolute atomic E-state index is 0.0535. The summed E-state index contributed by atoms with van der Waals surface area (Å²) in [5.41, 5.74) is 0. The van der Waals surface area contributed by atoms with E-state index >= 15 is 0 Å². The summed E-state index contributed by atoms with van der Waals surface area (Å²) in [6.07, 6.45) is 7.09. The number of hydrogen-bond donors (Lipinski definition) is 1. The van der Waals surface area contributed by atoms with Crippen molar-refractivity contribution < 1.29 is 24.2 Å². The molecule has 1 aromatic rings. The van der Waals surface area contributed by atoms with Gasteiger partial charge in [0.1, 0.15) is 12.2 Å². The Labute approximate surface area is 167 Å². The topological polar surface area (TPSA) is 72.8 Å². The summed E-state index contributed by atoms with van der Waals surface area (Å²) in [4.78, 5) is 24.3. The molecule has 0 aliphatic heterocycles. The number of unbranched alkanes of at least 4 members (excludes halogenated alkanes) is 5. The SMILES string of the molecule is CCCCCCCC[C@H](OC(C)=O)[C@@H](CCO)[C@@H](OC(C)=O)c1cccs1. The first-order valence-electron chi connectivity index (χ1n) is 9.98. The van der Waals surface area contributed by atoms with E-state index in [4.69, 9.17) is 9.47 Å². The first-order valence-corrected chi connectivity index (χ1v) is 10.9. The molecular weight excluding hydrogens is 364 g/mol. The first kappa shape index (κ1) is 23.6. The third kappa shape index (κ3) is 9.38. The predicted molar refractivity (Wildman–Crippen MR) is 108 cm³/mol. The van der Waals surface area contributed by atoms with Gasteiger partial charge in [0.2, 0.25) is 0 Å². The zero-order valence-corrected chi connectivity index (χ0v) is 17.6. The smallest absolute Gasteiger partial charge is 0.303 e. The van der Waals surface area contributed by atoms with Crippen molar-refractivity contribution >= 4 is 23.3 Å². The molecule has 0 saturated heterocycles. The van der Waals surface area contributed by atoms with Crippen LogP contribution in [-0.4, -0.2) is 29.8 Å². The molecule has 27 heavy (non-hydrogen) atoms. The van der Waals surface area contributed by atoms with Crippen molar-refractivity contribution in [1.82, 2.24) is 0 Å². The van der Waals surface area contributed by atoms with Crippen LogP contribution in [0, 0.1) is 5.92 Å². The Morgan fingerprint density at radius 3 is 2.26 bits per heavy atom. The molecule has 0 saturated carbocycles. The average molecular weight is 399 g/mol. The fourth-order valence-electron chi connectivity index (χ4n) is 3.37. The van der Waals surface area contributed by atoms with E-state index in [1.165, 1.54) is 50.9 Å². The minimum Gasteiger partial charge on any atom is -0.462 e. The lowest BCUT2D eigenvalue weighted by Crippen LogP contribution is -2.33. The molecule has 1 aromatic heterocycles. The first-order chi connectivity index (χ1) is 13.0. The number of hydrogen-bond acceptors (Lipinski definition) is 6. The zero-order chi connectivity index (χ0) is 20.1. The fourth-order valence-corrected chi connectivity index (χ4v) is 4.20. The van der Waals surface area contributed by atoms with Crippen molar-refractivity contribution in [2.45, 2.75) is 84.3 Å². The second-order valence-electron chi connectivity index (χ2n) is 6.93. The zero-order valence-electron chi connectivity index (χ0n) is 16.8. The molecule has 1 N–H and O–H groups in total. The second-order valence-corrected chi connectivity index (χ2v) is 7.91. The molecule has 0 aromatic carbocycles. The number of esters is 2. The Morgan fingerprint density at radius 2 is 1.70 bits per heavy atom. The molecule has 3 atom stereocenters. The number of ether oxygens (including phenoxy) is 2. The monoisotopic (exact) mass is 398 g/mol. The number of rotatable bonds is 14. The van der Waals surface area contributed by atoms with Crippen LogP contribution in [-0.2, 0) is 19.1 Å². The van der Waals surface area contributed by atoms with E-state index in [1.54, 1.807) is 0 Å². The number of aliphatic hydroxyl groups excluding tert-OH is 1. The van der Waals surface area contributed by atoms with Gasteiger partial charge in [0, 0.05) is 31.2 Å². The normalized spacial score (nSPS) is 14.4.